The minimum Gasteiger partial charge on any atom is -0.458 e. The number of benzene rings is 6. The second-order valence-corrected chi connectivity index (χ2v) is 11.5. The second kappa shape index (κ2) is 8.64. The summed E-state index contributed by atoms with van der Waals surface area (Å²) in [4.78, 5) is 0. The maximum absolute atomic E-state index is 6.56. The van der Waals surface area contributed by atoms with E-state index in [1.807, 2.05) is 12.1 Å². The van der Waals surface area contributed by atoms with Crippen molar-refractivity contribution in [3.05, 3.63) is 132 Å². The van der Waals surface area contributed by atoms with Gasteiger partial charge in [-0.25, -0.2) is 0 Å². The summed E-state index contributed by atoms with van der Waals surface area (Å²) < 4.78 is 15.5. The normalized spacial score (nSPS) is 12.9. The third-order valence-corrected chi connectivity index (χ3v) is 8.81. The number of hydrogen-bond acceptors (Lipinski definition) is 2. The third-order valence-electron chi connectivity index (χ3n) is 8.81. The molecule has 0 bridgehead atoms. The molecule has 0 amide bonds. The van der Waals surface area contributed by atoms with Crippen molar-refractivity contribution in [1.29, 1.82) is 0 Å². The molecule has 0 atom stereocenters. The zero-order valence-corrected chi connectivity index (χ0v) is 23.4. The first-order valence-electron chi connectivity index (χ1n) is 14.5. The van der Waals surface area contributed by atoms with Crippen molar-refractivity contribution in [2.75, 3.05) is 0 Å². The second-order valence-electron chi connectivity index (χ2n) is 11.5. The molecule has 0 radical (unpaired) electrons. The molecule has 0 spiro atoms. The van der Waals surface area contributed by atoms with E-state index >= 15 is 0 Å². The molecule has 0 aliphatic carbocycles. The van der Waals surface area contributed by atoms with E-state index in [9.17, 15) is 0 Å². The molecule has 2 aliphatic rings. The van der Waals surface area contributed by atoms with Crippen molar-refractivity contribution < 1.29 is 9.47 Å². The Morgan fingerprint density at radius 3 is 1.67 bits per heavy atom. The van der Waals surface area contributed by atoms with E-state index in [-0.39, 0.29) is 6.71 Å². The Kier molecular flexibility index (Phi) is 4.83. The van der Waals surface area contributed by atoms with Gasteiger partial charge in [0.25, 0.3) is 6.71 Å². The van der Waals surface area contributed by atoms with Gasteiger partial charge in [0.2, 0.25) is 0 Å². The van der Waals surface area contributed by atoms with Crippen LogP contribution >= 0.6 is 0 Å². The number of aromatic nitrogens is 1. The minimum absolute atomic E-state index is 0.0785. The van der Waals surface area contributed by atoms with Crippen molar-refractivity contribution in [3.8, 4) is 39.8 Å². The smallest absolute Gasteiger partial charge is 0.260 e. The number of hydrogen-bond donors (Lipinski definition) is 0. The lowest BCUT2D eigenvalue weighted by atomic mass is 9.35. The van der Waals surface area contributed by atoms with E-state index in [4.69, 9.17) is 9.47 Å². The highest BCUT2D eigenvalue weighted by atomic mass is 16.5. The van der Waals surface area contributed by atoms with Crippen molar-refractivity contribution in [2.24, 2.45) is 0 Å². The van der Waals surface area contributed by atoms with Crippen LogP contribution in [0.25, 0.3) is 38.6 Å². The summed E-state index contributed by atoms with van der Waals surface area (Å²) in [5, 5.41) is 2.56. The molecule has 2 aliphatic heterocycles. The number of fused-ring (bicyclic) bond motifs is 7. The van der Waals surface area contributed by atoms with Crippen molar-refractivity contribution in [3.63, 3.8) is 0 Å². The summed E-state index contributed by atoms with van der Waals surface area (Å²) in [5.74, 6) is 3.52. The van der Waals surface area contributed by atoms with Gasteiger partial charge in [0.05, 0.1) is 11.0 Å². The molecule has 3 heterocycles. The van der Waals surface area contributed by atoms with Gasteiger partial charge in [-0.3, -0.25) is 0 Å². The van der Waals surface area contributed by atoms with Gasteiger partial charge >= 0.3 is 0 Å². The van der Waals surface area contributed by atoms with Crippen molar-refractivity contribution >= 4 is 44.9 Å². The highest BCUT2D eigenvalue weighted by Crippen LogP contribution is 2.39. The van der Waals surface area contributed by atoms with Crippen LogP contribution in [0.4, 0.5) is 0 Å². The van der Waals surface area contributed by atoms with Crippen LogP contribution in [0.15, 0.2) is 121 Å². The van der Waals surface area contributed by atoms with Gasteiger partial charge in [0.15, 0.2) is 0 Å². The molecule has 6 aromatic carbocycles. The van der Waals surface area contributed by atoms with E-state index in [2.05, 4.69) is 128 Å². The van der Waals surface area contributed by atoms with Crippen LogP contribution in [-0.4, -0.2) is 11.3 Å². The molecule has 0 fully saturated rings. The van der Waals surface area contributed by atoms with Gasteiger partial charge < -0.3 is 14.0 Å². The average Bonchev–Trinajstić information content (AvgIpc) is 3.33. The molecular weight excluding hydrogens is 513 g/mol. The number of rotatable bonds is 2. The van der Waals surface area contributed by atoms with E-state index < -0.39 is 0 Å². The summed E-state index contributed by atoms with van der Waals surface area (Å²) in [5.41, 5.74) is 11.7. The van der Waals surface area contributed by atoms with E-state index in [0.29, 0.717) is 0 Å². The number of aryl methyl sites for hydroxylation is 2. The maximum Gasteiger partial charge on any atom is 0.260 e. The fraction of sp³-hybridized carbons (Fsp3) is 0.0526. The van der Waals surface area contributed by atoms with Gasteiger partial charge in [0, 0.05) is 21.9 Å². The van der Waals surface area contributed by atoms with Crippen molar-refractivity contribution in [2.45, 2.75) is 13.8 Å². The Labute approximate surface area is 244 Å². The summed E-state index contributed by atoms with van der Waals surface area (Å²) in [6.07, 6.45) is 0. The zero-order valence-electron chi connectivity index (χ0n) is 23.4. The molecule has 42 heavy (non-hydrogen) atoms. The summed E-state index contributed by atoms with van der Waals surface area (Å²) in [6.45, 7) is 4.40. The van der Waals surface area contributed by atoms with Gasteiger partial charge in [0.1, 0.15) is 23.0 Å². The number of para-hydroxylation sites is 2. The quantitative estimate of drug-likeness (QED) is 0.209. The maximum atomic E-state index is 6.56. The summed E-state index contributed by atoms with van der Waals surface area (Å²) in [6, 6.07) is 43.3. The summed E-state index contributed by atoms with van der Waals surface area (Å²) >= 11 is 0. The Hall–Kier alpha value is -5.22. The highest BCUT2D eigenvalue weighted by Gasteiger charge is 2.40. The lowest BCUT2D eigenvalue weighted by Crippen LogP contribution is -2.57. The lowest BCUT2D eigenvalue weighted by Gasteiger charge is -2.33. The Morgan fingerprint density at radius 2 is 1.07 bits per heavy atom. The van der Waals surface area contributed by atoms with Gasteiger partial charge in [-0.2, -0.15) is 0 Å². The molecule has 0 saturated heterocycles. The Morgan fingerprint density at radius 1 is 0.500 bits per heavy atom. The monoisotopic (exact) mass is 539 g/mol. The zero-order chi connectivity index (χ0) is 27.9. The molecule has 0 saturated carbocycles. The first-order valence-corrected chi connectivity index (χ1v) is 14.5. The fourth-order valence-electron chi connectivity index (χ4n) is 6.91. The fourth-order valence-corrected chi connectivity index (χ4v) is 6.91. The molecule has 7 aromatic rings. The highest BCUT2D eigenvalue weighted by molar-refractivity contribution is 6.98. The van der Waals surface area contributed by atoms with Crippen LogP contribution < -0.4 is 25.9 Å². The number of nitrogens with zero attached hydrogens (tertiary/aromatic N) is 1. The Bertz CT molecular complexity index is 2120. The SMILES string of the molecule is Cc1ccc2c(c1)c1cc(C)ccc1n2-c1cccc(-c2cc3c4c(c2)Oc2ccccc2B4c2ccccc2O3)c1. The average molecular weight is 539 g/mol. The third kappa shape index (κ3) is 3.36. The van der Waals surface area contributed by atoms with Crippen LogP contribution in [0.3, 0.4) is 0 Å². The lowest BCUT2D eigenvalue weighted by molar-refractivity contribution is 0.465. The topological polar surface area (TPSA) is 23.4 Å². The largest absolute Gasteiger partial charge is 0.458 e. The summed E-state index contributed by atoms with van der Waals surface area (Å²) in [7, 11) is 0. The minimum atomic E-state index is 0.0785. The van der Waals surface area contributed by atoms with Crippen LogP contribution in [0, 0.1) is 13.8 Å². The van der Waals surface area contributed by atoms with Crippen LogP contribution in [0.5, 0.6) is 23.0 Å². The Balaban J connectivity index is 1.24. The predicted octanol–water partition coefficient (Wildman–Crippen LogP) is 7.80. The predicted molar refractivity (Wildman–Crippen MR) is 173 cm³/mol. The van der Waals surface area contributed by atoms with E-state index in [1.165, 1.54) is 43.9 Å². The van der Waals surface area contributed by atoms with E-state index in [1.54, 1.807) is 0 Å². The molecule has 198 valence electrons. The van der Waals surface area contributed by atoms with Crippen LogP contribution in [0.1, 0.15) is 11.1 Å². The van der Waals surface area contributed by atoms with Gasteiger partial charge in [-0.15, -0.1) is 0 Å². The molecule has 4 heteroatoms. The van der Waals surface area contributed by atoms with Crippen molar-refractivity contribution in [1.82, 2.24) is 4.57 Å². The van der Waals surface area contributed by atoms with Crippen LogP contribution in [0.2, 0.25) is 0 Å². The van der Waals surface area contributed by atoms with Gasteiger partial charge in [-0.1, -0.05) is 71.8 Å². The number of ether oxygens (including phenoxy) is 2. The first kappa shape index (κ1) is 23.5. The molecular formula is C38H26BNO2. The molecule has 1 aromatic heterocycles. The molecule has 0 N–H and O–H groups in total. The van der Waals surface area contributed by atoms with Crippen LogP contribution in [-0.2, 0) is 0 Å². The van der Waals surface area contributed by atoms with Gasteiger partial charge in [-0.05, 0) is 96.6 Å². The van der Waals surface area contributed by atoms with E-state index in [0.717, 1.165) is 45.3 Å². The molecule has 9 rings (SSSR count). The molecule has 0 unspecified atom stereocenters. The first-order chi connectivity index (χ1) is 20.6. The standard InChI is InChI=1S/C38H26BNO2/c1-23-14-16-32-28(18-23)29-19-24(2)15-17-33(29)40(32)27-9-7-8-25(20-27)26-21-36-38-37(22-26)42-35-13-6-4-11-31(35)39(38)30-10-3-5-12-34(30)41-36/h3-22H,1-2H3. The molecule has 3 nitrogen and oxygen atoms in total.